The van der Waals surface area contributed by atoms with E-state index in [4.69, 9.17) is 10.7 Å². The van der Waals surface area contributed by atoms with Gasteiger partial charge in [-0.1, -0.05) is 12.1 Å². The highest BCUT2D eigenvalue weighted by molar-refractivity contribution is 5.76. The first-order valence-electron chi connectivity index (χ1n) is 6.89. The van der Waals surface area contributed by atoms with Gasteiger partial charge in [-0.3, -0.25) is 0 Å². The first kappa shape index (κ1) is 11.7. The number of nitrogens with two attached hydrogens (primary N) is 1. The average Bonchev–Trinajstić information content (AvgIpc) is 2.91. The van der Waals surface area contributed by atoms with Gasteiger partial charge in [0.15, 0.2) is 0 Å². The van der Waals surface area contributed by atoms with Crippen molar-refractivity contribution in [2.24, 2.45) is 5.73 Å². The summed E-state index contributed by atoms with van der Waals surface area (Å²) in [6.07, 6.45) is 3.39. The Hall–Kier alpha value is -1.35. The lowest BCUT2D eigenvalue weighted by molar-refractivity contribution is 0.536. The Labute approximate surface area is 108 Å². The summed E-state index contributed by atoms with van der Waals surface area (Å²) in [5.74, 6) is 1.77. The minimum absolute atomic E-state index is 0.357. The van der Waals surface area contributed by atoms with Crippen LogP contribution >= 0.6 is 0 Å². The molecule has 1 aliphatic carbocycles. The van der Waals surface area contributed by atoms with E-state index in [1.807, 2.05) is 0 Å². The molecule has 2 atom stereocenters. The zero-order chi connectivity index (χ0) is 12.7. The number of hydrogen-bond acceptors (Lipinski definition) is 2. The molecule has 0 saturated heterocycles. The van der Waals surface area contributed by atoms with Crippen molar-refractivity contribution in [3.8, 4) is 0 Å². The third kappa shape index (κ3) is 1.83. The number of rotatable bonds is 2. The van der Waals surface area contributed by atoms with E-state index in [0.717, 1.165) is 18.4 Å². The molecule has 2 aromatic rings. The van der Waals surface area contributed by atoms with Crippen molar-refractivity contribution in [3.05, 3.63) is 30.1 Å². The van der Waals surface area contributed by atoms with Gasteiger partial charge in [0.05, 0.1) is 11.0 Å². The molecule has 0 spiro atoms. The van der Waals surface area contributed by atoms with Crippen LogP contribution in [0.3, 0.4) is 0 Å². The molecular formula is C15H21N3. The molecule has 1 aromatic carbocycles. The van der Waals surface area contributed by atoms with Crippen molar-refractivity contribution in [3.63, 3.8) is 0 Å². The molecule has 2 unspecified atom stereocenters. The molecule has 0 bridgehead atoms. The van der Waals surface area contributed by atoms with Crippen LogP contribution in [-0.4, -0.2) is 15.6 Å². The molecule has 3 nitrogen and oxygen atoms in total. The molecule has 2 N–H and O–H groups in total. The number of hydrogen-bond donors (Lipinski definition) is 1. The number of para-hydroxylation sites is 2. The fourth-order valence-electron chi connectivity index (χ4n) is 3.14. The van der Waals surface area contributed by atoms with Gasteiger partial charge in [0, 0.05) is 18.0 Å². The molecule has 1 heterocycles. The normalized spacial score (nSPS) is 24.2. The van der Waals surface area contributed by atoms with E-state index in [9.17, 15) is 0 Å². The Morgan fingerprint density at radius 1 is 1.28 bits per heavy atom. The van der Waals surface area contributed by atoms with Crippen LogP contribution in [0.2, 0.25) is 0 Å². The van der Waals surface area contributed by atoms with Gasteiger partial charge in [-0.15, -0.1) is 0 Å². The second-order valence-electron chi connectivity index (χ2n) is 5.69. The Bertz CT molecular complexity index is 556. The van der Waals surface area contributed by atoms with Crippen LogP contribution in [-0.2, 0) is 0 Å². The molecule has 1 aromatic heterocycles. The molecule has 0 aliphatic heterocycles. The minimum atomic E-state index is 0.357. The van der Waals surface area contributed by atoms with E-state index in [0.29, 0.717) is 18.0 Å². The summed E-state index contributed by atoms with van der Waals surface area (Å²) < 4.78 is 2.39. The van der Waals surface area contributed by atoms with Crippen LogP contribution in [0, 0.1) is 0 Å². The van der Waals surface area contributed by atoms with Gasteiger partial charge in [-0.2, -0.15) is 0 Å². The highest BCUT2D eigenvalue weighted by Crippen LogP contribution is 2.36. The number of fused-ring (bicyclic) bond motifs is 1. The zero-order valence-electron chi connectivity index (χ0n) is 11.1. The van der Waals surface area contributed by atoms with Gasteiger partial charge in [0.1, 0.15) is 5.82 Å². The second-order valence-corrected chi connectivity index (χ2v) is 5.69. The molecule has 1 aliphatic rings. The average molecular weight is 243 g/mol. The van der Waals surface area contributed by atoms with E-state index >= 15 is 0 Å². The summed E-state index contributed by atoms with van der Waals surface area (Å²) >= 11 is 0. The number of imidazole rings is 1. The third-order valence-corrected chi connectivity index (χ3v) is 3.98. The van der Waals surface area contributed by atoms with Crippen molar-refractivity contribution in [2.75, 3.05) is 0 Å². The summed E-state index contributed by atoms with van der Waals surface area (Å²) in [4.78, 5) is 4.86. The minimum Gasteiger partial charge on any atom is -0.328 e. The largest absolute Gasteiger partial charge is 0.328 e. The summed E-state index contributed by atoms with van der Waals surface area (Å²) in [6.45, 7) is 4.46. The summed E-state index contributed by atoms with van der Waals surface area (Å²) in [6, 6.07) is 9.23. The van der Waals surface area contributed by atoms with Crippen LogP contribution < -0.4 is 5.73 Å². The molecule has 0 amide bonds. The maximum absolute atomic E-state index is 6.05. The second kappa shape index (κ2) is 4.39. The smallest absolute Gasteiger partial charge is 0.113 e. The summed E-state index contributed by atoms with van der Waals surface area (Å²) in [5, 5.41) is 0. The van der Waals surface area contributed by atoms with Gasteiger partial charge in [-0.25, -0.2) is 4.98 Å². The van der Waals surface area contributed by atoms with E-state index in [1.165, 1.54) is 17.8 Å². The number of nitrogens with zero attached hydrogens (tertiary/aromatic N) is 2. The predicted octanol–water partition coefficient (Wildman–Crippen LogP) is 3.21. The molecule has 3 heteroatoms. The highest BCUT2D eigenvalue weighted by Gasteiger charge is 2.28. The standard InChI is InChI=1S/C15H21N3/c1-10(2)18-14-6-4-3-5-13(14)17-15(18)11-7-8-12(16)9-11/h3-6,10-12H,7-9,16H2,1-2H3. The lowest BCUT2D eigenvalue weighted by atomic mass is 10.1. The van der Waals surface area contributed by atoms with Gasteiger partial charge in [0.25, 0.3) is 0 Å². The fraction of sp³-hybridized carbons (Fsp3) is 0.533. The monoisotopic (exact) mass is 243 g/mol. The Morgan fingerprint density at radius 2 is 2.06 bits per heavy atom. The van der Waals surface area contributed by atoms with E-state index in [1.54, 1.807) is 0 Å². The van der Waals surface area contributed by atoms with Crippen LogP contribution in [0.1, 0.15) is 50.9 Å². The first-order valence-corrected chi connectivity index (χ1v) is 6.89. The highest BCUT2D eigenvalue weighted by atomic mass is 15.1. The topological polar surface area (TPSA) is 43.8 Å². The third-order valence-electron chi connectivity index (χ3n) is 3.98. The van der Waals surface area contributed by atoms with Crippen molar-refractivity contribution in [1.82, 2.24) is 9.55 Å². The summed E-state index contributed by atoms with van der Waals surface area (Å²) in [7, 11) is 0. The quantitative estimate of drug-likeness (QED) is 0.880. The number of benzene rings is 1. The van der Waals surface area contributed by atoms with Gasteiger partial charge in [0.2, 0.25) is 0 Å². The lowest BCUT2D eigenvalue weighted by Gasteiger charge is -2.17. The van der Waals surface area contributed by atoms with E-state index in [-0.39, 0.29) is 0 Å². The Balaban J connectivity index is 2.13. The Morgan fingerprint density at radius 3 is 2.72 bits per heavy atom. The lowest BCUT2D eigenvalue weighted by Crippen LogP contribution is -2.16. The SMILES string of the molecule is CC(C)n1c(C2CCC(N)C2)nc2ccccc21. The maximum Gasteiger partial charge on any atom is 0.113 e. The Kier molecular flexibility index (Phi) is 2.86. The van der Waals surface area contributed by atoms with Gasteiger partial charge < -0.3 is 10.3 Å². The molecule has 96 valence electrons. The van der Waals surface area contributed by atoms with Crippen LogP contribution in [0.4, 0.5) is 0 Å². The molecule has 3 rings (SSSR count). The summed E-state index contributed by atoms with van der Waals surface area (Å²) in [5.41, 5.74) is 8.41. The van der Waals surface area contributed by atoms with Crippen molar-refractivity contribution in [1.29, 1.82) is 0 Å². The van der Waals surface area contributed by atoms with Crippen LogP contribution in [0.5, 0.6) is 0 Å². The van der Waals surface area contributed by atoms with Crippen molar-refractivity contribution < 1.29 is 0 Å². The van der Waals surface area contributed by atoms with E-state index < -0.39 is 0 Å². The number of aromatic nitrogens is 2. The van der Waals surface area contributed by atoms with Gasteiger partial charge >= 0.3 is 0 Å². The zero-order valence-corrected chi connectivity index (χ0v) is 11.1. The molecule has 0 radical (unpaired) electrons. The fourth-order valence-corrected chi connectivity index (χ4v) is 3.14. The first-order chi connectivity index (χ1) is 8.66. The van der Waals surface area contributed by atoms with Crippen LogP contribution in [0.25, 0.3) is 11.0 Å². The molecule has 18 heavy (non-hydrogen) atoms. The molecule has 1 saturated carbocycles. The van der Waals surface area contributed by atoms with Crippen LogP contribution in [0.15, 0.2) is 24.3 Å². The van der Waals surface area contributed by atoms with Crippen molar-refractivity contribution >= 4 is 11.0 Å². The molecule has 1 fully saturated rings. The van der Waals surface area contributed by atoms with Crippen molar-refractivity contribution in [2.45, 2.75) is 51.1 Å². The predicted molar refractivity (Wildman–Crippen MR) is 74.7 cm³/mol. The van der Waals surface area contributed by atoms with Gasteiger partial charge in [-0.05, 0) is 45.2 Å². The van der Waals surface area contributed by atoms with E-state index in [2.05, 4.69) is 42.7 Å². The maximum atomic E-state index is 6.05. The molecular weight excluding hydrogens is 222 g/mol.